The van der Waals surface area contributed by atoms with Crippen molar-refractivity contribution in [3.8, 4) is 5.75 Å². The first-order valence-electron chi connectivity index (χ1n) is 17.5. The zero-order chi connectivity index (χ0) is 36.0. The van der Waals surface area contributed by atoms with Gasteiger partial charge >= 0.3 is 4.87 Å². The largest absolute Gasteiger partial charge is 0.506 e. The fraction of sp³-hybridized carbons (Fsp3) is 0.385. The third-order valence-corrected chi connectivity index (χ3v) is 9.71. The van der Waals surface area contributed by atoms with Gasteiger partial charge in [-0.2, -0.15) is 0 Å². The predicted molar refractivity (Wildman–Crippen MR) is 201 cm³/mol. The zero-order valence-corrected chi connectivity index (χ0v) is 29.8. The summed E-state index contributed by atoms with van der Waals surface area (Å²) >= 11 is 0.954. The van der Waals surface area contributed by atoms with Gasteiger partial charge in [0.15, 0.2) is 6.10 Å². The molecule has 2 heterocycles. The van der Waals surface area contributed by atoms with Gasteiger partial charge in [-0.05, 0) is 48.5 Å². The molecule has 0 radical (unpaired) electrons. The van der Waals surface area contributed by atoms with E-state index in [2.05, 4.69) is 26.3 Å². The lowest BCUT2D eigenvalue weighted by atomic mass is 10.0. The van der Waals surface area contributed by atoms with Gasteiger partial charge in [-0.25, -0.2) is 4.98 Å². The molecule has 0 saturated heterocycles. The molecule has 1 saturated carbocycles. The van der Waals surface area contributed by atoms with Crippen LogP contribution in [0.5, 0.6) is 5.75 Å². The fourth-order valence-electron chi connectivity index (χ4n) is 5.81. The Hall–Kier alpha value is -4.55. The number of hydrogen-bond acceptors (Lipinski definition) is 10. The van der Waals surface area contributed by atoms with Crippen LogP contribution in [0.3, 0.4) is 0 Å². The first kappa shape index (κ1) is 37.7. The van der Waals surface area contributed by atoms with Crippen molar-refractivity contribution in [2.45, 2.75) is 70.1 Å². The van der Waals surface area contributed by atoms with Crippen molar-refractivity contribution in [3.05, 3.63) is 117 Å². The van der Waals surface area contributed by atoms with Gasteiger partial charge in [0.2, 0.25) is 11.8 Å². The van der Waals surface area contributed by atoms with E-state index < -0.39 is 12.2 Å². The smallest absolute Gasteiger partial charge is 0.305 e. The topological polar surface area (TPSA) is 164 Å². The Labute approximate surface area is 301 Å². The summed E-state index contributed by atoms with van der Waals surface area (Å²) in [5, 5.41) is 37.3. The van der Waals surface area contributed by atoms with Crippen molar-refractivity contribution in [2.75, 3.05) is 32.0 Å². The number of amides is 1. The Kier molecular flexibility index (Phi) is 14.2. The molecule has 4 aromatic rings. The second kappa shape index (κ2) is 19.2. The van der Waals surface area contributed by atoms with E-state index in [4.69, 9.17) is 4.42 Å². The number of rotatable bonds is 14. The molecule has 1 fully saturated rings. The number of aliphatic hydroxyl groups is 2. The van der Waals surface area contributed by atoms with Gasteiger partial charge in [0, 0.05) is 50.3 Å². The van der Waals surface area contributed by atoms with Gasteiger partial charge in [0.1, 0.15) is 17.0 Å². The standard InChI is InChI=1S/C33H35N5O6S.C6H12/c1-38(16-14-24-19-35-32(44-24)30(42)22-6-4-2-3-5-7-22)17-15-28(41)36-23-10-8-21(9-11-23)18-34-20-27(40)25-12-13-26(39)29-31(25)45-33(43)37-29;1-2-4-6-5-3-1/h2-4,6-13,19,27,30,34,39-40,42H,14-18,20H2,1H3,(H,36,41)(H,37,43);1-6H2. The van der Waals surface area contributed by atoms with Crippen molar-refractivity contribution in [1.29, 1.82) is 0 Å². The molecule has 270 valence electrons. The summed E-state index contributed by atoms with van der Waals surface area (Å²) in [6, 6.07) is 10.5. The summed E-state index contributed by atoms with van der Waals surface area (Å²) in [6.45, 7) is 1.97. The molecule has 2 aromatic heterocycles. The molecule has 2 aliphatic rings. The number of anilines is 1. The molecule has 0 bridgehead atoms. The number of nitrogens with zero attached hydrogens (tertiary/aromatic N) is 2. The molecule has 1 amide bonds. The number of phenols is 1. The van der Waals surface area contributed by atoms with Crippen LogP contribution in [0, 0.1) is 0 Å². The minimum atomic E-state index is -0.967. The highest BCUT2D eigenvalue weighted by Gasteiger charge is 2.18. The minimum absolute atomic E-state index is 0.0291. The van der Waals surface area contributed by atoms with Crippen LogP contribution < -0.4 is 15.5 Å². The highest BCUT2D eigenvalue weighted by molar-refractivity contribution is 7.16. The Balaban J connectivity index is 0.000000761. The molecular weight excluding hydrogens is 667 g/mol. The predicted octanol–water partition coefficient (Wildman–Crippen LogP) is 6.19. The molecule has 0 aliphatic heterocycles. The molecule has 6 rings (SSSR count). The number of aromatic amines is 1. The second-order valence-corrected chi connectivity index (χ2v) is 13.8. The van der Waals surface area contributed by atoms with Crippen LogP contribution in [0.4, 0.5) is 5.69 Å². The molecule has 11 nitrogen and oxygen atoms in total. The van der Waals surface area contributed by atoms with E-state index in [1.807, 2.05) is 48.4 Å². The summed E-state index contributed by atoms with van der Waals surface area (Å²) in [7, 11) is 1.93. The van der Waals surface area contributed by atoms with Gasteiger partial charge in [-0.3, -0.25) is 9.59 Å². The van der Waals surface area contributed by atoms with E-state index >= 15 is 0 Å². The number of thiazole rings is 1. The number of likely N-dealkylation sites (N-methyl/N-ethyl adjacent to an activating group) is 1. The zero-order valence-electron chi connectivity index (χ0n) is 28.9. The quantitative estimate of drug-likeness (QED) is 0.0837. The molecule has 2 aromatic carbocycles. The first-order valence-corrected chi connectivity index (χ1v) is 18.3. The van der Waals surface area contributed by atoms with Crippen LogP contribution in [0.2, 0.25) is 0 Å². The Bertz CT molecular complexity index is 1900. The SMILES string of the molecule is C1CCCCC1.CN(CCC(=O)Nc1ccc(CNCC(O)c2ccc(O)c3[nH]c(=O)sc23)cc1)CCc1cnc(C(O)C2=CC=CC=C=C2)o1. The summed E-state index contributed by atoms with van der Waals surface area (Å²) in [5.41, 5.74) is 6.17. The molecule has 6 N–H and O–H groups in total. The van der Waals surface area contributed by atoms with E-state index in [-0.39, 0.29) is 29.0 Å². The van der Waals surface area contributed by atoms with Crippen LogP contribution >= 0.6 is 11.3 Å². The number of H-pyrrole nitrogens is 1. The number of allylic oxidation sites excluding steroid dienone is 3. The van der Waals surface area contributed by atoms with Crippen LogP contribution in [0.25, 0.3) is 10.2 Å². The van der Waals surface area contributed by atoms with E-state index in [1.165, 1.54) is 44.6 Å². The van der Waals surface area contributed by atoms with Crippen molar-refractivity contribution in [3.63, 3.8) is 0 Å². The number of carbonyl (C=O) groups excluding carboxylic acids is 1. The van der Waals surface area contributed by atoms with Gasteiger partial charge in [0.25, 0.3) is 0 Å². The monoisotopic (exact) mass is 713 g/mol. The number of aromatic nitrogens is 2. The van der Waals surface area contributed by atoms with E-state index in [1.54, 1.807) is 30.5 Å². The highest BCUT2D eigenvalue weighted by atomic mass is 32.1. The van der Waals surface area contributed by atoms with Crippen molar-refractivity contribution in [2.24, 2.45) is 0 Å². The number of aromatic hydroxyl groups is 1. The van der Waals surface area contributed by atoms with Crippen LogP contribution in [-0.4, -0.2) is 62.8 Å². The first-order chi connectivity index (χ1) is 24.8. The number of hydrogen-bond donors (Lipinski definition) is 6. The van der Waals surface area contributed by atoms with Gasteiger partial charge in [-0.15, -0.1) is 5.73 Å². The molecule has 12 heteroatoms. The maximum atomic E-state index is 12.5. The van der Waals surface area contributed by atoms with Gasteiger partial charge < -0.3 is 40.3 Å². The normalized spacial score (nSPS) is 15.3. The average Bonchev–Trinajstić information content (AvgIpc) is 3.69. The van der Waals surface area contributed by atoms with Crippen LogP contribution in [-0.2, 0) is 17.8 Å². The minimum Gasteiger partial charge on any atom is -0.506 e. The number of phenolic OH excluding ortho intramolecular Hbond substituents is 1. The second-order valence-electron chi connectivity index (χ2n) is 12.8. The van der Waals surface area contributed by atoms with E-state index in [0.717, 1.165) is 16.9 Å². The fourth-order valence-corrected chi connectivity index (χ4v) is 6.73. The Morgan fingerprint density at radius 2 is 1.80 bits per heavy atom. The lowest BCUT2D eigenvalue weighted by Crippen LogP contribution is -2.26. The summed E-state index contributed by atoms with van der Waals surface area (Å²) in [5.74, 6) is 0.767. The van der Waals surface area contributed by atoms with Crippen LogP contribution in [0.15, 0.2) is 93.5 Å². The Morgan fingerprint density at radius 3 is 2.55 bits per heavy atom. The summed E-state index contributed by atoms with van der Waals surface area (Å²) in [4.78, 5) is 32.8. The van der Waals surface area contributed by atoms with Gasteiger partial charge in [0.05, 0.1) is 17.0 Å². The molecule has 2 atom stereocenters. The lowest BCUT2D eigenvalue weighted by molar-refractivity contribution is -0.116. The van der Waals surface area contributed by atoms with Crippen molar-refractivity contribution >= 4 is 33.1 Å². The number of aliphatic hydroxyl groups excluding tert-OH is 2. The average molecular weight is 714 g/mol. The molecule has 2 unspecified atom stereocenters. The molecule has 0 spiro atoms. The van der Waals surface area contributed by atoms with Crippen molar-refractivity contribution in [1.82, 2.24) is 20.2 Å². The maximum Gasteiger partial charge on any atom is 0.305 e. The van der Waals surface area contributed by atoms with Gasteiger partial charge in [-0.1, -0.05) is 86.3 Å². The number of carbonyl (C=O) groups is 1. The maximum absolute atomic E-state index is 12.5. The summed E-state index contributed by atoms with van der Waals surface area (Å²) < 4.78 is 6.29. The van der Waals surface area contributed by atoms with E-state index in [9.17, 15) is 24.9 Å². The Morgan fingerprint density at radius 1 is 1.06 bits per heavy atom. The van der Waals surface area contributed by atoms with Crippen LogP contribution in [0.1, 0.15) is 79.9 Å². The van der Waals surface area contributed by atoms with Crippen molar-refractivity contribution < 1.29 is 24.5 Å². The molecular formula is C39H47N5O6S. The third kappa shape index (κ3) is 11.5. The highest BCUT2D eigenvalue weighted by Crippen LogP contribution is 2.31. The van der Waals surface area contributed by atoms with E-state index in [0.29, 0.717) is 65.3 Å². The number of nitrogens with one attached hydrogen (secondary N) is 3. The number of benzene rings is 2. The number of fused-ring (bicyclic) bond motifs is 1. The number of oxazole rings is 1. The summed E-state index contributed by atoms with van der Waals surface area (Å²) in [6.07, 6.45) is 18.6. The third-order valence-electron chi connectivity index (χ3n) is 8.78. The lowest BCUT2D eigenvalue weighted by Gasteiger charge is -2.15. The molecule has 51 heavy (non-hydrogen) atoms. The molecule has 2 aliphatic carbocycles.